The molecule has 0 aliphatic carbocycles. The predicted octanol–water partition coefficient (Wildman–Crippen LogP) is 5.42. The third kappa shape index (κ3) is 4.76. The van der Waals surface area contributed by atoms with Crippen molar-refractivity contribution in [1.29, 1.82) is 0 Å². The average Bonchev–Trinajstić information content (AvgIpc) is 3.62. The van der Waals surface area contributed by atoms with Crippen molar-refractivity contribution in [3.63, 3.8) is 0 Å². The molecule has 6 nitrogen and oxygen atoms in total. The number of hydrogen-bond donors (Lipinski definition) is 1. The number of thiazole rings is 1. The van der Waals surface area contributed by atoms with Gasteiger partial charge < -0.3 is 5.32 Å². The smallest absolute Gasteiger partial charge is 0.263 e. The Bertz CT molecular complexity index is 1490. The number of nitrogens with zero attached hydrogens (tertiary/aromatic N) is 4. The first kappa shape index (κ1) is 22.5. The Hall–Kier alpha value is -3.94. The van der Waals surface area contributed by atoms with E-state index in [-0.39, 0.29) is 11.9 Å². The second kappa shape index (κ2) is 9.97. The topological polar surface area (TPSA) is 71.0 Å². The van der Waals surface area contributed by atoms with Crippen LogP contribution in [0, 0.1) is 0 Å². The van der Waals surface area contributed by atoms with Gasteiger partial charge in [0.2, 0.25) is 0 Å². The normalized spacial score (nSPS) is 15.8. The molecular formula is C29H25N5OS. The van der Waals surface area contributed by atoms with Crippen molar-refractivity contribution in [2.45, 2.75) is 19.0 Å². The summed E-state index contributed by atoms with van der Waals surface area (Å²) in [4.78, 5) is 29.3. The molecule has 36 heavy (non-hydrogen) atoms. The van der Waals surface area contributed by atoms with Crippen molar-refractivity contribution >= 4 is 28.3 Å². The van der Waals surface area contributed by atoms with Crippen LogP contribution in [-0.4, -0.2) is 44.9 Å². The fraction of sp³-hybridized carbons (Fsp3) is 0.172. The number of para-hydroxylation sites is 2. The first-order valence-corrected chi connectivity index (χ1v) is 12.9. The van der Waals surface area contributed by atoms with Crippen molar-refractivity contribution in [3.8, 4) is 22.5 Å². The van der Waals surface area contributed by atoms with Crippen molar-refractivity contribution in [3.05, 3.63) is 101 Å². The van der Waals surface area contributed by atoms with Gasteiger partial charge in [-0.25, -0.2) is 9.97 Å². The Balaban J connectivity index is 1.19. The monoisotopic (exact) mass is 491 g/mol. The average molecular weight is 492 g/mol. The summed E-state index contributed by atoms with van der Waals surface area (Å²) in [7, 11) is 0. The van der Waals surface area contributed by atoms with Crippen LogP contribution in [-0.2, 0) is 6.54 Å². The zero-order valence-electron chi connectivity index (χ0n) is 19.7. The first-order chi connectivity index (χ1) is 17.7. The molecule has 5 aromatic rings. The molecule has 0 radical (unpaired) electrons. The molecule has 0 saturated carbocycles. The molecule has 3 heterocycles. The third-order valence-corrected chi connectivity index (χ3v) is 7.29. The number of hydrogen-bond acceptors (Lipinski definition) is 6. The summed E-state index contributed by atoms with van der Waals surface area (Å²) < 4.78 is 0. The number of rotatable bonds is 6. The van der Waals surface area contributed by atoms with E-state index in [4.69, 9.17) is 9.97 Å². The van der Waals surface area contributed by atoms with Gasteiger partial charge in [0, 0.05) is 36.8 Å². The van der Waals surface area contributed by atoms with Crippen molar-refractivity contribution < 1.29 is 4.79 Å². The number of amides is 1. The Morgan fingerprint density at radius 2 is 1.56 bits per heavy atom. The van der Waals surface area contributed by atoms with Crippen LogP contribution in [0.25, 0.3) is 33.5 Å². The largest absolute Gasteiger partial charge is 0.347 e. The van der Waals surface area contributed by atoms with Crippen LogP contribution in [0.4, 0.5) is 0 Å². The van der Waals surface area contributed by atoms with E-state index in [1.54, 1.807) is 11.7 Å². The molecule has 1 amide bonds. The first-order valence-electron chi connectivity index (χ1n) is 12.1. The van der Waals surface area contributed by atoms with E-state index in [9.17, 15) is 4.79 Å². The van der Waals surface area contributed by atoms with E-state index < -0.39 is 0 Å². The van der Waals surface area contributed by atoms with Crippen molar-refractivity contribution in [2.75, 3.05) is 13.1 Å². The van der Waals surface area contributed by atoms with Gasteiger partial charge in [-0.1, -0.05) is 66.7 Å². The minimum atomic E-state index is -0.0283. The molecular weight excluding hydrogens is 466 g/mol. The Morgan fingerprint density at radius 3 is 2.22 bits per heavy atom. The van der Waals surface area contributed by atoms with Gasteiger partial charge in [-0.05, 0) is 24.1 Å². The van der Waals surface area contributed by atoms with E-state index in [0.717, 1.165) is 59.6 Å². The SMILES string of the molecule is O=C(N[C@@H]1CCN(Cc2ccc(-c3nc4ccccc4nc3-c3ccccc3)cc2)C1)c1cncs1. The van der Waals surface area contributed by atoms with Gasteiger partial charge in [0.1, 0.15) is 4.88 Å². The molecule has 0 bridgehead atoms. The molecule has 1 aliphatic heterocycles. The lowest BCUT2D eigenvalue weighted by Crippen LogP contribution is -2.36. The molecule has 2 aromatic heterocycles. The second-order valence-electron chi connectivity index (χ2n) is 9.03. The second-order valence-corrected chi connectivity index (χ2v) is 9.92. The van der Waals surface area contributed by atoms with E-state index >= 15 is 0 Å². The van der Waals surface area contributed by atoms with Crippen molar-refractivity contribution in [2.24, 2.45) is 0 Å². The highest BCUT2D eigenvalue weighted by atomic mass is 32.1. The maximum atomic E-state index is 12.3. The van der Waals surface area contributed by atoms with E-state index in [2.05, 4.69) is 51.6 Å². The zero-order valence-corrected chi connectivity index (χ0v) is 20.5. The number of aromatic nitrogens is 3. The lowest BCUT2D eigenvalue weighted by Gasteiger charge is -2.17. The summed E-state index contributed by atoms with van der Waals surface area (Å²) in [5, 5.41) is 3.14. The summed E-state index contributed by atoms with van der Waals surface area (Å²) in [6.45, 7) is 2.66. The fourth-order valence-corrected chi connectivity index (χ4v) is 5.23. The van der Waals surface area contributed by atoms with Crippen LogP contribution in [0.1, 0.15) is 21.7 Å². The van der Waals surface area contributed by atoms with E-state index in [1.807, 2.05) is 42.5 Å². The Kier molecular flexibility index (Phi) is 6.24. The van der Waals surface area contributed by atoms with Crippen LogP contribution in [0.3, 0.4) is 0 Å². The van der Waals surface area contributed by atoms with Crippen LogP contribution < -0.4 is 5.32 Å². The molecule has 178 valence electrons. The van der Waals surface area contributed by atoms with Crippen LogP contribution >= 0.6 is 11.3 Å². The van der Waals surface area contributed by atoms with E-state index in [0.29, 0.717) is 4.88 Å². The number of carbonyl (C=O) groups is 1. The Labute approximate surface area is 213 Å². The van der Waals surface area contributed by atoms with Gasteiger partial charge in [-0.15, -0.1) is 11.3 Å². The molecule has 3 aromatic carbocycles. The highest BCUT2D eigenvalue weighted by Gasteiger charge is 2.24. The van der Waals surface area contributed by atoms with Gasteiger partial charge in [0.05, 0.1) is 34.1 Å². The molecule has 1 atom stereocenters. The van der Waals surface area contributed by atoms with Crippen molar-refractivity contribution in [1.82, 2.24) is 25.2 Å². The van der Waals surface area contributed by atoms with Gasteiger partial charge >= 0.3 is 0 Å². The zero-order chi connectivity index (χ0) is 24.3. The Morgan fingerprint density at radius 1 is 0.889 bits per heavy atom. The van der Waals surface area contributed by atoms with Gasteiger partial charge in [0.25, 0.3) is 5.91 Å². The standard InChI is InChI=1S/C29H25N5OS/c35-29(26-16-30-19-36-26)31-23-14-15-34(18-23)17-20-10-12-22(13-11-20)28-27(21-6-2-1-3-7-21)32-24-8-4-5-9-25(24)33-28/h1-13,16,19,23H,14-15,17-18H2,(H,31,35)/t23-/m1/s1. The molecule has 0 unspecified atom stereocenters. The van der Waals surface area contributed by atoms with Gasteiger partial charge in [-0.2, -0.15) is 0 Å². The number of fused-ring (bicyclic) bond motifs is 1. The summed E-state index contributed by atoms with van der Waals surface area (Å²) >= 11 is 1.37. The van der Waals surface area contributed by atoms with Crippen LogP contribution in [0.15, 0.2) is 90.6 Å². The number of likely N-dealkylation sites (tertiary alicyclic amines) is 1. The van der Waals surface area contributed by atoms with Crippen LogP contribution in [0.5, 0.6) is 0 Å². The lowest BCUT2D eigenvalue weighted by molar-refractivity contribution is 0.0941. The highest BCUT2D eigenvalue weighted by Crippen LogP contribution is 2.31. The maximum absolute atomic E-state index is 12.3. The van der Waals surface area contributed by atoms with Gasteiger partial charge in [0.15, 0.2) is 0 Å². The summed E-state index contributed by atoms with van der Waals surface area (Å²) in [5.74, 6) is -0.0283. The summed E-state index contributed by atoms with van der Waals surface area (Å²) in [6.07, 6.45) is 2.58. The maximum Gasteiger partial charge on any atom is 0.263 e. The minimum absolute atomic E-state index is 0.0283. The molecule has 0 spiro atoms. The molecule has 1 fully saturated rings. The minimum Gasteiger partial charge on any atom is -0.347 e. The van der Waals surface area contributed by atoms with Gasteiger partial charge in [-0.3, -0.25) is 14.7 Å². The molecule has 7 heteroatoms. The summed E-state index contributed by atoms with van der Waals surface area (Å²) in [6, 6.07) is 27.0. The predicted molar refractivity (Wildman–Crippen MR) is 144 cm³/mol. The quantitative estimate of drug-likeness (QED) is 0.343. The molecule has 1 N–H and O–H groups in total. The molecule has 1 saturated heterocycles. The highest BCUT2D eigenvalue weighted by molar-refractivity contribution is 7.11. The number of benzene rings is 3. The van der Waals surface area contributed by atoms with Crippen LogP contribution in [0.2, 0.25) is 0 Å². The molecule has 6 rings (SSSR count). The third-order valence-electron chi connectivity index (χ3n) is 6.52. The molecule has 1 aliphatic rings. The number of nitrogens with one attached hydrogen (secondary N) is 1. The fourth-order valence-electron chi connectivity index (χ4n) is 4.70. The number of carbonyl (C=O) groups excluding carboxylic acids is 1. The lowest BCUT2D eigenvalue weighted by atomic mass is 10.0. The summed E-state index contributed by atoms with van der Waals surface area (Å²) in [5.41, 5.74) is 8.59. The van der Waals surface area contributed by atoms with E-state index in [1.165, 1.54) is 16.9 Å².